The van der Waals surface area contributed by atoms with E-state index in [1.165, 1.54) is 12.1 Å². The number of ketones is 2. The summed E-state index contributed by atoms with van der Waals surface area (Å²) in [4.78, 5) is 23.9. The number of carbonyl (C=O) groups excluding carboxylic acids is 2. The van der Waals surface area contributed by atoms with Crippen LogP contribution in [0.2, 0.25) is 0 Å². The van der Waals surface area contributed by atoms with Crippen LogP contribution in [0.25, 0.3) is 0 Å². The van der Waals surface area contributed by atoms with Gasteiger partial charge in [-0.15, -0.1) is 0 Å². The van der Waals surface area contributed by atoms with Crippen molar-refractivity contribution in [1.29, 1.82) is 0 Å². The zero-order chi connectivity index (χ0) is 16.0. The molecule has 0 amide bonds. The highest BCUT2D eigenvalue weighted by Crippen LogP contribution is 2.48. The SMILES string of the molecule is O=C1C=C2CCC(=O)[C@@]2(Cc2ccc(C(F)(F)F)cc2)CC1. The molecule has 1 atom stereocenters. The topological polar surface area (TPSA) is 34.1 Å². The summed E-state index contributed by atoms with van der Waals surface area (Å²) in [6.07, 6.45) is -0.609. The van der Waals surface area contributed by atoms with Gasteiger partial charge in [0.25, 0.3) is 0 Å². The van der Waals surface area contributed by atoms with Gasteiger partial charge in [-0.05, 0) is 43.0 Å². The highest BCUT2D eigenvalue weighted by atomic mass is 19.4. The first-order chi connectivity index (χ1) is 10.3. The molecule has 1 aromatic carbocycles. The van der Waals surface area contributed by atoms with E-state index < -0.39 is 17.2 Å². The Morgan fingerprint density at radius 2 is 1.68 bits per heavy atom. The van der Waals surface area contributed by atoms with Crippen molar-refractivity contribution in [3.05, 3.63) is 47.0 Å². The lowest BCUT2D eigenvalue weighted by Gasteiger charge is -2.32. The third-order valence-electron chi connectivity index (χ3n) is 4.69. The molecule has 2 nitrogen and oxygen atoms in total. The minimum Gasteiger partial charge on any atom is -0.299 e. The summed E-state index contributed by atoms with van der Waals surface area (Å²) in [7, 11) is 0. The molecule has 2 aliphatic carbocycles. The Kier molecular flexibility index (Phi) is 3.46. The van der Waals surface area contributed by atoms with Crippen LogP contribution in [-0.2, 0) is 22.2 Å². The van der Waals surface area contributed by atoms with Crippen LogP contribution in [0.1, 0.15) is 36.8 Å². The fraction of sp³-hybridized carbons (Fsp3) is 0.412. The summed E-state index contributed by atoms with van der Waals surface area (Å²) >= 11 is 0. The van der Waals surface area contributed by atoms with Crippen molar-refractivity contribution in [2.45, 2.75) is 38.3 Å². The van der Waals surface area contributed by atoms with Gasteiger partial charge >= 0.3 is 6.18 Å². The van der Waals surface area contributed by atoms with E-state index in [0.29, 0.717) is 37.7 Å². The van der Waals surface area contributed by atoms with Crippen molar-refractivity contribution in [2.24, 2.45) is 5.41 Å². The molecule has 0 bridgehead atoms. The minimum absolute atomic E-state index is 0.0349. The normalized spacial score (nSPS) is 25.1. The molecule has 1 fully saturated rings. The van der Waals surface area contributed by atoms with E-state index in [9.17, 15) is 22.8 Å². The van der Waals surface area contributed by atoms with Crippen molar-refractivity contribution >= 4 is 11.6 Å². The van der Waals surface area contributed by atoms with Crippen LogP contribution >= 0.6 is 0 Å². The van der Waals surface area contributed by atoms with E-state index in [2.05, 4.69) is 0 Å². The van der Waals surface area contributed by atoms with Crippen molar-refractivity contribution in [2.75, 3.05) is 0 Å². The second-order valence-corrected chi connectivity index (χ2v) is 6.01. The molecule has 0 unspecified atom stereocenters. The van der Waals surface area contributed by atoms with Gasteiger partial charge < -0.3 is 0 Å². The minimum atomic E-state index is -4.36. The van der Waals surface area contributed by atoms with Gasteiger partial charge in [0.15, 0.2) is 5.78 Å². The first kappa shape index (κ1) is 15.0. The number of carbonyl (C=O) groups is 2. The maximum Gasteiger partial charge on any atom is 0.416 e. The summed E-state index contributed by atoms with van der Waals surface area (Å²) in [5.41, 5.74) is 0.187. The van der Waals surface area contributed by atoms with Gasteiger partial charge in [0, 0.05) is 12.8 Å². The van der Waals surface area contributed by atoms with Crippen molar-refractivity contribution < 1.29 is 22.8 Å². The Balaban J connectivity index is 1.90. The van der Waals surface area contributed by atoms with Crippen LogP contribution in [0.5, 0.6) is 0 Å². The molecule has 0 saturated heterocycles. The predicted molar refractivity (Wildman–Crippen MR) is 74.1 cm³/mol. The van der Waals surface area contributed by atoms with Crippen LogP contribution in [0.3, 0.4) is 0 Å². The van der Waals surface area contributed by atoms with Crippen LogP contribution in [0.4, 0.5) is 13.2 Å². The largest absolute Gasteiger partial charge is 0.416 e. The lowest BCUT2D eigenvalue weighted by atomic mass is 9.69. The lowest BCUT2D eigenvalue weighted by Crippen LogP contribution is -2.33. The van der Waals surface area contributed by atoms with Crippen LogP contribution in [0, 0.1) is 5.41 Å². The molecule has 1 aromatic rings. The van der Waals surface area contributed by atoms with Gasteiger partial charge in [0.2, 0.25) is 0 Å². The zero-order valence-corrected chi connectivity index (χ0v) is 11.9. The quantitative estimate of drug-likeness (QED) is 0.830. The summed E-state index contributed by atoms with van der Waals surface area (Å²) < 4.78 is 37.8. The fourth-order valence-corrected chi connectivity index (χ4v) is 3.48. The molecule has 0 heterocycles. The van der Waals surface area contributed by atoms with Crippen molar-refractivity contribution in [3.63, 3.8) is 0 Å². The third kappa shape index (κ3) is 2.49. The number of rotatable bonds is 2. The van der Waals surface area contributed by atoms with E-state index in [4.69, 9.17) is 0 Å². The summed E-state index contributed by atoms with van der Waals surface area (Å²) in [5, 5.41) is 0. The predicted octanol–water partition coefficient (Wildman–Crippen LogP) is 3.89. The molecule has 5 heteroatoms. The van der Waals surface area contributed by atoms with E-state index in [1.807, 2.05) is 0 Å². The third-order valence-corrected chi connectivity index (χ3v) is 4.69. The Labute approximate surface area is 126 Å². The Morgan fingerprint density at radius 3 is 2.32 bits per heavy atom. The summed E-state index contributed by atoms with van der Waals surface area (Å²) in [6.45, 7) is 0. The number of allylic oxidation sites excluding steroid dienone is 2. The number of benzene rings is 1. The molecule has 0 spiro atoms. The van der Waals surface area contributed by atoms with Gasteiger partial charge in [0.05, 0.1) is 11.0 Å². The van der Waals surface area contributed by atoms with E-state index >= 15 is 0 Å². The van der Waals surface area contributed by atoms with Crippen molar-refractivity contribution in [3.8, 4) is 0 Å². The smallest absolute Gasteiger partial charge is 0.299 e. The Hall–Kier alpha value is -1.91. The highest BCUT2D eigenvalue weighted by molar-refractivity contribution is 5.99. The molecule has 3 rings (SSSR count). The second-order valence-electron chi connectivity index (χ2n) is 6.01. The van der Waals surface area contributed by atoms with Crippen molar-refractivity contribution in [1.82, 2.24) is 0 Å². The molecule has 116 valence electrons. The van der Waals surface area contributed by atoms with Crippen LogP contribution in [-0.4, -0.2) is 11.6 Å². The molecule has 0 radical (unpaired) electrons. The van der Waals surface area contributed by atoms with Gasteiger partial charge in [-0.2, -0.15) is 13.2 Å². The number of halogens is 3. The van der Waals surface area contributed by atoms with E-state index in [-0.39, 0.29) is 11.6 Å². The summed E-state index contributed by atoms with van der Waals surface area (Å²) in [6, 6.07) is 4.94. The maximum atomic E-state index is 12.6. The van der Waals surface area contributed by atoms with Gasteiger partial charge in [-0.25, -0.2) is 0 Å². The molecule has 0 aliphatic heterocycles. The van der Waals surface area contributed by atoms with Gasteiger partial charge in [0.1, 0.15) is 5.78 Å². The fourth-order valence-electron chi connectivity index (χ4n) is 3.48. The van der Waals surface area contributed by atoms with Crippen LogP contribution < -0.4 is 0 Å². The zero-order valence-electron chi connectivity index (χ0n) is 11.9. The molecule has 0 aromatic heterocycles. The molecule has 1 saturated carbocycles. The van der Waals surface area contributed by atoms with E-state index in [1.54, 1.807) is 6.08 Å². The average molecular weight is 308 g/mol. The molecule has 0 N–H and O–H groups in total. The molecule has 22 heavy (non-hydrogen) atoms. The molecular formula is C17H15F3O2. The number of hydrogen-bond donors (Lipinski definition) is 0. The number of alkyl halides is 3. The summed E-state index contributed by atoms with van der Waals surface area (Å²) in [5.74, 6) is 0.138. The Morgan fingerprint density at radius 1 is 1.00 bits per heavy atom. The maximum absolute atomic E-state index is 12.6. The second kappa shape index (κ2) is 5.07. The van der Waals surface area contributed by atoms with Crippen LogP contribution in [0.15, 0.2) is 35.9 Å². The number of hydrogen-bond acceptors (Lipinski definition) is 2. The number of Topliss-reactive ketones (excluding diaryl/α,β-unsaturated/α-hetero) is 1. The first-order valence-corrected chi connectivity index (χ1v) is 7.25. The van der Waals surface area contributed by atoms with Gasteiger partial charge in [-0.1, -0.05) is 17.7 Å². The highest BCUT2D eigenvalue weighted by Gasteiger charge is 2.47. The first-order valence-electron chi connectivity index (χ1n) is 7.25. The standard InChI is InChI=1S/C17H15F3O2/c18-17(19,20)12-3-1-11(2-4-12)10-16-8-7-14(21)9-13(16)5-6-15(16)22/h1-4,9H,5-8,10H2/t16-/m1/s1. The van der Waals surface area contributed by atoms with Gasteiger partial charge in [-0.3, -0.25) is 9.59 Å². The monoisotopic (exact) mass is 308 g/mol. The number of fused-ring (bicyclic) bond motifs is 1. The Bertz CT molecular complexity index is 655. The average Bonchev–Trinajstić information content (AvgIpc) is 2.76. The lowest BCUT2D eigenvalue weighted by molar-refractivity contribution is -0.137. The van der Waals surface area contributed by atoms with E-state index in [0.717, 1.165) is 17.7 Å². The molecule has 2 aliphatic rings. The molecular weight excluding hydrogens is 293 g/mol.